The highest BCUT2D eigenvalue weighted by atomic mass is 16.5. The maximum Gasteiger partial charge on any atom is 0.125 e. The van der Waals surface area contributed by atoms with Crippen LogP contribution in [0.5, 0.6) is 5.75 Å². The van der Waals surface area contributed by atoms with Crippen LogP contribution in [-0.2, 0) is 5.60 Å². The predicted octanol–water partition coefficient (Wildman–Crippen LogP) is 4.02. The molecule has 0 heterocycles. The average Bonchev–Trinajstić information content (AvgIpc) is 2.55. The van der Waals surface area contributed by atoms with Crippen molar-refractivity contribution in [2.45, 2.75) is 64.1 Å². The Balaban J connectivity index is 2.30. The Kier molecular flexibility index (Phi) is 4.28. The van der Waals surface area contributed by atoms with Gasteiger partial charge in [-0.25, -0.2) is 0 Å². The van der Waals surface area contributed by atoms with E-state index in [-0.39, 0.29) is 6.10 Å². The molecule has 0 radical (unpaired) electrons. The van der Waals surface area contributed by atoms with Gasteiger partial charge in [0.15, 0.2) is 0 Å². The molecule has 0 amide bonds. The van der Waals surface area contributed by atoms with E-state index in [9.17, 15) is 5.11 Å². The van der Waals surface area contributed by atoms with Gasteiger partial charge < -0.3 is 9.84 Å². The minimum Gasteiger partial charge on any atom is -0.491 e. The Morgan fingerprint density at radius 1 is 1.06 bits per heavy atom. The second-order valence-corrected chi connectivity index (χ2v) is 5.61. The molecule has 2 heteroatoms. The van der Waals surface area contributed by atoms with Crippen molar-refractivity contribution in [3.05, 3.63) is 29.8 Å². The minimum absolute atomic E-state index is 0.139. The molecule has 0 aromatic heterocycles. The molecular weight excluding hydrogens is 224 g/mol. The van der Waals surface area contributed by atoms with Gasteiger partial charge in [0.2, 0.25) is 0 Å². The van der Waals surface area contributed by atoms with Crippen molar-refractivity contribution < 1.29 is 9.84 Å². The Labute approximate surface area is 110 Å². The zero-order valence-electron chi connectivity index (χ0n) is 11.5. The van der Waals surface area contributed by atoms with Crippen LogP contribution >= 0.6 is 0 Å². The first-order chi connectivity index (χ1) is 8.62. The zero-order chi connectivity index (χ0) is 13.0. The van der Waals surface area contributed by atoms with Crippen molar-refractivity contribution in [2.75, 3.05) is 0 Å². The smallest absolute Gasteiger partial charge is 0.125 e. The van der Waals surface area contributed by atoms with Crippen LogP contribution in [-0.4, -0.2) is 11.2 Å². The van der Waals surface area contributed by atoms with E-state index in [0.717, 1.165) is 37.0 Å². The van der Waals surface area contributed by atoms with Crippen molar-refractivity contribution in [1.82, 2.24) is 0 Å². The van der Waals surface area contributed by atoms with Gasteiger partial charge >= 0.3 is 0 Å². The average molecular weight is 248 g/mol. The van der Waals surface area contributed by atoms with E-state index in [4.69, 9.17) is 4.74 Å². The molecule has 1 fully saturated rings. The maximum atomic E-state index is 10.9. The Morgan fingerprint density at radius 3 is 2.28 bits per heavy atom. The van der Waals surface area contributed by atoms with E-state index in [1.54, 1.807) is 0 Å². The van der Waals surface area contributed by atoms with Crippen LogP contribution < -0.4 is 4.74 Å². The van der Waals surface area contributed by atoms with Gasteiger partial charge in [-0.05, 0) is 32.8 Å². The highest BCUT2D eigenvalue weighted by Crippen LogP contribution is 2.40. The van der Waals surface area contributed by atoms with E-state index in [0.29, 0.717) is 0 Å². The molecule has 18 heavy (non-hydrogen) atoms. The van der Waals surface area contributed by atoms with Gasteiger partial charge in [-0.3, -0.25) is 0 Å². The molecule has 2 rings (SSSR count). The zero-order valence-corrected chi connectivity index (χ0v) is 11.5. The lowest BCUT2D eigenvalue weighted by Crippen LogP contribution is -2.26. The van der Waals surface area contributed by atoms with Gasteiger partial charge in [0.1, 0.15) is 5.75 Å². The van der Waals surface area contributed by atoms with Crippen molar-refractivity contribution >= 4 is 0 Å². The monoisotopic (exact) mass is 248 g/mol. The lowest BCUT2D eigenvalue weighted by molar-refractivity contribution is 0.0171. The SMILES string of the molecule is CC(C)Oc1ccccc1C1(O)CCCCCC1. The molecule has 1 aliphatic carbocycles. The molecule has 0 bridgehead atoms. The van der Waals surface area contributed by atoms with Crippen molar-refractivity contribution in [1.29, 1.82) is 0 Å². The standard InChI is InChI=1S/C16H24O2/c1-13(2)18-15-10-6-5-9-14(15)16(17)11-7-3-4-8-12-16/h5-6,9-10,13,17H,3-4,7-8,11-12H2,1-2H3. The van der Waals surface area contributed by atoms with Gasteiger partial charge in [-0.2, -0.15) is 0 Å². The van der Waals surface area contributed by atoms with Crippen LogP contribution in [0, 0.1) is 0 Å². The molecule has 0 spiro atoms. The van der Waals surface area contributed by atoms with E-state index in [1.807, 2.05) is 38.1 Å². The third-order valence-electron chi connectivity index (χ3n) is 3.68. The molecule has 0 aliphatic heterocycles. The number of para-hydroxylation sites is 1. The van der Waals surface area contributed by atoms with E-state index < -0.39 is 5.60 Å². The summed E-state index contributed by atoms with van der Waals surface area (Å²) >= 11 is 0. The topological polar surface area (TPSA) is 29.5 Å². The quantitative estimate of drug-likeness (QED) is 0.819. The Morgan fingerprint density at radius 2 is 1.67 bits per heavy atom. The summed E-state index contributed by atoms with van der Waals surface area (Å²) in [5.74, 6) is 0.844. The van der Waals surface area contributed by atoms with Crippen LogP contribution in [0.25, 0.3) is 0 Å². The van der Waals surface area contributed by atoms with Crippen molar-refractivity contribution in [3.63, 3.8) is 0 Å². The van der Waals surface area contributed by atoms with Crippen LogP contribution in [0.1, 0.15) is 57.9 Å². The molecule has 1 saturated carbocycles. The normalized spacial score (nSPS) is 19.6. The van der Waals surface area contributed by atoms with E-state index >= 15 is 0 Å². The van der Waals surface area contributed by atoms with E-state index in [2.05, 4.69) is 0 Å². The van der Waals surface area contributed by atoms with Crippen molar-refractivity contribution in [3.8, 4) is 5.75 Å². The van der Waals surface area contributed by atoms with Crippen LogP contribution in [0.4, 0.5) is 0 Å². The number of hydrogen-bond acceptors (Lipinski definition) is 2. The molecular formula is C16H24O2. The first-order valence-corrected chi connectivity index (χ1v) is 7.10. The van der Waals surface area contributed by atoms with Crippen LogP contribution in [0.15, 0.2) is 24.3 Å². The molecule has 1 aromatic carbocycles. The van der Waals surface area contributed by atoms with Gasteiger partial charge in [0.25, 0.3) is 0 Å². The minimum atomic E-state index is -0.692. The summed E-state index contributed by atoms with van der Waals surface area (Å²) in [7, 11) is 0. The second kappa shape index (κ2) is 5.75. The third-order valence-corrected chi connectivity index (χ3v) is 3.68. The van der Waals surface area contributed by atoms with Gasteiger partial charge in [0.05, 0.1) is 11.7 Å². The number of ether oxygens (including phenoxy) is 1. The number of benzene rings is 1. The lowest BCUT2D eigenvalue weighted by Gasteiger charge is -2.29. The summed E-state index contributed by atoms with van der Waals surface area (Å²) in [5.41, 5.74) is 0.280. The van der Waals surface area contributed by atoms with Crippen LogP contribution in [0.2, 0.25) is 0 Å². The summed E-state index contributed by atoms with van der Waals surface area (Å²) in [5, 5.41) is 10.9. The van der Waals surface area contributed by atoms with Crippen LogP contribution in [0.3, 0.4) is 0 Å². The highest BCUT2D eigenvalue weighted by molar-refractivity contribution is 5.38. The molecule has 100 valence electrons. The first kappa shape index (κ1) is 13.4. The molecule has 1 N–H and O–H groups in total. The fourth-order valence-corrected chi connectivity index (χ4v) is 2.79. The molecule has 0 unspecified atom stereocenters. The lowest BCUT2D eigenvalue weighted by atomic mass is 9.86. The summed E-state index contributed by atoms with van der Waals surface area (Å²) in [6.07, 6.45) is 6.52. The highest BCUT2D eigenvalue weighted by Gasteiger charge is 2.32. The maximum absolute atomic E-state index is 10.9. The first-order valence-electron chi connectivity index (χ1n) is 7.10. The second-order valence-electron chi connectivity index (χ2n) is 5.61. The predicted molar refractivity (Wildman–Crippen MR) is 73.8 cm³/mol. The molecule has 2 nitrogen and oxygen atoms in total. The largest absolute Gasteiger partial charge is 0.491 e. The fourth-order valence-electron chi connectivity index (χ4n) is 2.79. The Hall–Kier alpha value is -1.02. The summed E-state index contributed by atoms with van der Waals surface area (Å²) < 4.78 is 5.84. The molecule has 1 aliphatic rings. The fraction of sp³-hybridized carbons (Fsp3) is 0.625. The molecule has 0 atom stereocenters. The summed E-state index contributed by atoms with van der Waals surface area (Å²) in [6, 6.07) is 7.95. The third kappa shape index (κ3) is 3.05. The number of rotatable bonds is 3. The molecule has 1 aromatic rings. The number of aliphatic hydroxyl groups is 1. The van der Waals surface area contributed by atoms with Crippen molar-refractivity contribution in [2.24, 2.45) is 0 Å². The van der Waals surface area contributed by atoms with Gasteiger partial charge in [0, 0.05) is 5.56 Å². The van der Waals surface area contributed by atoms with E-state index in [1.165, 1.54) is 12.8 Å². The summed E-state index contributed by atoms with van der Waals surface area (Å²) in [6.45, 7) is 4.04. The van der Waals surface area contributed by atoms with Gasteiger partial charge in [-0.1, -0.05) is 43.9 Å². The Bertz CT molecular complexity index is 376. The summed E-state index contributed by atoms with van der Waals surface area (Å²) in [4.78, 5) is 0. The molecule has 0 saturated heterocycles. The number of hydrogen-bond donors (Lipinski definition) is 1. The van der Waals surface area contributed by atoms with Gasteiger partial charge in [-0.15, -0.1) is 0 Å².